The molecular formula is C78H62N4. The van der Waals surface area contributed by atoms with Gasteiger partial charge in [0.2, 0.25) is 0 Å². The Bertz CT molecular complexity index is 4830. The van der Waals surface area contributed by atoms with Crippen LogP contribution < -0.4 is 9.80 Å². The summed E-state index contributed by atoms with van der Waals surface area (Å²) < 4.78 is 5.15. The number of nitrogens with zero attached hydrogens (tertiary/aromatic N) is 4. The molecule has 2 aliphatic carbocycles. The van der Waals surface area contributed by atoms with Crippen molar-refractivity contribution in [3.63, 3.8) is 0 Å². The van der Waals surface area contributed by atoms with E-state index in [4.69, 9.17) is 0 Å². The minimum atomic E-state index is -0.0860. The number of hydrogen-bond donors (Lipinski definition) is 0. The fourth-order valence-electron chi connectivity index (χ4n) is 15.4. The smallest absolute Gasteiger partial charge is 0.0641 e. The number of benzene rings is 11. The Kier molecular flexibility index (Phi) is 9.61. The zero-order valence-corrected chi connectivity index (χ0v) is 47.7. The van der Waals surface area contributed by atoms with Gasteiger partial charge < -0.3 is 18.6 Å². The summed E-state index contributed by atoms with van der Waals surface area (Å²) in [5.41, 5.74) is 27.6. The molecule has 4 heterocycles. The Labute approximate surface area is 478 Å². The fourth-order valence-corrected chi connectivity index (χ4v) is 15.4. The van der Waals surface area contributed by atoms with E-state index in [1.54, 1.807) is 0 Å². The van der Waals surface area contributed by atoms with Crippen LogP contribution in [0.4, 0.5) is 34.1 Å². The molecule has 0 aliphatic heterocycles. The summed E-state index contributed by atoms with van der Waals surface area (Å²) in [5, 5.41) is 10.1. The molecule has 17 rings (SSSR count). The normalized spacial score (nSPS) is 14.3. The molecule has 0 bridgehead atoms. The topological polar surface area (TPSA) is 15.3 Å². The molecule has 2 aliphatic rings. The molecular weight excluding hydrogens is 993 g/mol. The molecule has 4 heteroatoms. The van der Waals surface area contributed by atoms with Gasteiger partial charge in [0.05, 0.1) is 44.5 Å². The summed E-state index contributed by atoms with van der Waals surface area (Å²) in [6.07, 6.45) is 0. The Morgan fingerprint density at radius 3 is 1.09 bits per heavy atom. The molecule has 11 aromatic carbocycles. The van der Waals surface area contributed by atoms with E-state index in [9.17, 15) is 0 Å². The first-order valence-electron chi connectivity index (χ1n) is 29.5. The van der Waals surface area contributed by atoms with Crippen LogP contribution in [0.1, 0.15) is 101 Å². The minimum absolute atomic E-state index is 0.0860. The maximum Gasteiger partial charge on any atom is 0.0641 e. The zero-order chi connectivity index (χ0) is 55.2. The SMILES string of the molecule is CC(C)c1ccc(N(c2ccc3c(c2)-c2ccccc2C3(C)C)c2ccc3c4cc5c(cc4n4c6ccccc6c2c34)c2ccc(N(c3ccc(C(C)C)cc3)c3ccc4c(c3)-c3ccccc3C4(C)C)c3c4ccccc4n5c23)cc1. The Morgan fingerprint density at radius 1 is 0.305 bits per heavy atom. The van der Waals surface area contributed by atoms with Gasteiger partial charge in [-0.1, -0.05) is 189 Å². The van der Waals surface area contributed by atoms with Crippen molar-refractivity contribution in [3.05, 3.63) is 252 Å². The maximum atomic E-state index is 2.58. The molecule has 82 heavy (non-hydrogen) atoms. The first kappa shape index (κ1) is 47.4. The lowest BCUT2D eigenvalue weighted by Gasteiger charge is -2.28. The highest BCUT2D eigenvalue weighted by Gasteiger charge is 2.38. The molecule has 0 spiro atoms. The second kappa shape index (κ2) is 16.6. The first-order chi connectivity index (χ1) is 39.9. The predicted octanol–water partition coefficient (Wildman–Crippen LogP) is 21.8. The van der Waals surface area contributed by atoms with E-state index in [0.717, 1.165) is 22.7 Å². The first-order valence-corrected chi connectivity index (χ1v) is 29.5. The van der Waals surface area contributed by atoms with Gasteiger partial charge in [-0.25, -0.2) is 0 Å². The van der Waals surface area contributed by atoms with Crippen LogP contribution >= 0.6 is 0 Å². The molecule has 0 atom stereocenters. The number of para-hydroxylation sites is 2. The van der Waals surface area contributed by atoms with Gasteiger partial charge >= 0.3 is 0 Å². The predicted molar refractivity (Wildman–Crippen MR) is 348 cm³/mol. The Morgan fingerprint density at radius 2 is 0.671 bits per heavy atom. The minimum Gasteiger partial charge on any atom is -0.310 e. The van der Waals surface area contributed by atoms with E-state index < -0.39 is 0 Å². The second-order valence-electron chi connectivity index (χ2n) is 25.3. The highest BCUT2D eigenvalue weighted by atomic mass is 15.2. The third-order valence-corrected chi connectivity index (χ3v) is 19.5. The molecule has 0 N–H and O–H groups in total. The van der Waals surface area contributed by atoms with E-state index in [-0.39, 0.29) is 10.8 Å². The van der Waals surface area contributed by atoms with Crippen LogP contribution in [0, 0.1) is 0 Å². The molecule has 0 radical (unpaired) electrons. The third-order valence-electron chi connectivity index (χ3n) is 19.5. The standard InChI is InChI=1S/C78H62N4/c1-45(2)47-25-29-49(30-26-47)79(51-33-37-65-59(41-51)53-17-9-13-21-63(53)77(65,5)6)69-39-35-55-61-43-72-62(44-71(61)81-67-23-15-11-19-57(67)73(69)75(55)81)56-36-40-70(74-58-20-12-16-24-68(58)82(72)76(56)74)80(50-31-27-48(28-32-50)46(3)4)52-34-38-66-60(42-52)54-18-10-14-22-64(54)78(66,7)8/h9-46H,1-8H3. The lowest BCUT2D eigenvalue weighted by molar-refractivity contribution is 0.660. The number of rotatable bonds is 8. The molecule has 0 saturated carbocycles. The van der Waals surface area contributed by atoms with Crippen molar-refractivity contribution in [2.24, 2.45) is 0 Å². The molecule has 0 saturated heterocycles. The van der Waals surface area contributed by atoms with Crippen molar-refractivity contribution in [2.45, 2.75) is 78.1 Å². The van der Waals surface area contributed by atoms with E-state index in [1.165, 1.54) is 143 Å². The summed E-state index contributed by atoms with van der Waals surface area (Å²) in [6, 6.07) is 83.8. The molecule has 4 nitrogen and oxygen atoms in total. The van der Waals surface area contributed by atoms with Gasteiger partial charge in [0.1, 0.15) is 0 Å². The highest BCUT2D eigenvalue weighted by Crippen LogP contribution is 2.56. The largest absolute Gasteiger partial charge is 0.310 e. The van der Waals surface area contributed by atoms with Crippen LogP contribution in [-0.2, 0) is 10.8 Å². The average Bonchev–Trinajstić information content (AvgIpc) is 1.85. The molecule has 394 valence electrons. The average molecular weight is 1060 g/mol. The van der Waals surface area contributed by atoms with Crippen LogP contribution in [0.25, 0.3) is 98.4 Å². The molecule has 4 aromatic heterocycles. The maximum absolute atomic E-state index is 2.58. The van der Waals surface area contributed by atoms with Gasteiger partial charge in [0.15, 0.2) is 0 Å². The van der Waals surface area contributed by atoms with Gasteiger partial charge in [-0.15, -0.1) is 0 Å². The van der Waals surface area contributed by atoms with Gasteiger partial charge in [0, 0.05) is 76.7 Å². The van der Waals surface area contributed by atoms with Crippen LogP contribution in [0.3, 0.4) is 0 Å². The van der Waals surface area contributed by atoms with Crippen molar-refractivity contribution < 1.29 is 0 Å². The second-order valence-corrected chi connectivity index (χ2v) is 25.3. The molecule has 0 amide bonds. The highest BCUT2D eigenvalue weighted by molar-refractivity contribution is 6.32. The van der Waals surface area contributed by atoms with Gasteiger partial charge in [-0.2, -0.15) is 0 Å². The van der Waals surface area contributed by atoms with Gasteiger partial charge in [0.25, 0.3) is 0 Å². The third kappa shape index (κ3) is 6.22. The van der Waals surface area contributed by atoms with Crippen LogP contribution in [0.15, 0.2) is 218 Å². The molecule has 0 fully saturated rings. The Balaban J connectivity index is 0.906. The van der Waals surface area contributed by atoms with E-state index >= 15 is 0 Å². The van der Waals surface area contributed by atoms with Gasteiger partial charge in [-0.3, -0.25) is 0 Å². The van der Waals surface area contributed by atoms with Crippen molar-refractivity contribution in [2.75, 3.05) is 9.80 Å². The lowest BCUT2D eigenvalue weighted by Crippen LogP contribution is -2.15. The zero-order valence-electron chi connectivity index (χ0n) is 47.7. The lowest BCUT2D eigenvalue weighted by atomic mass is 9.82. The van der Waals surface area contributed by atoms with Crippen molar-refractivity contribution in [3.8, 4) is 22.3 Å². The van der Waals surface area contributed by atoms with E-state index in [1.807, 2.05) is 0 Å². The van der Waals surface area contributed by atoms with Crippen LogP contribution in [0.2, 0.25) is 0 Å². The fraction of sp³-hybridized carbons (Fsp3) is 0.154. The summed E-state index contributed by atoms with van der Waals surface area (Å²) in [7, 11) is 0. The number of anilines is 6. The van der Waals surface area contributed by atoms with Crippen LogP contribution in [-0.4, -0.2) is 8.80 Å². The van der Waals surface area contributed by atoms with Crippen molar-refractivity contribution in [1.82, 2.24) is 8.80 Å². The van der Waals surface area contributed by atoms with Crippen molar-refractivity contribution in [1.29, 1.82) is 0 Å². The summed E-state index contributed by atoms with van der Waals surface area (Å²) >= 11 is 0. The van der Waals surface area contributed by atoms with E-state index in [0.29, 0.717) is 11.8 Å². The summed E-state index contributed by atoms with van der Waals surface area (Å²) in [4.78, 5) is 5.05. The van der Waals surface area contributed by atoms with E-state index in [2.05, 4.69) is 292 Å². The van der Waals surface area contributed by atoms with Crippen LogP contribution in [0.5, 0.6) is 0 Å². The molecule has 15 aromatic rings. The number of hydrogen-bond acceptors (Lipinski definition) is 2. The summed E-state index contributed by atoms with van der Waals surface area (Å²) in [6.45, 7) is 18.6. The number of fused-ring (bicyclic) bond motifs is 18. The molecule has 0 unspecified atom stereocenters. The quantitative estimate of drug-likeness (QED) is 0.151. The Hall–Kier alpha value is -9.38. The van der Waals surface area contributed by atoms with Gasteiger partial charge in [-0.05, 0) is 152 Å². The van der Waals surface area contributed by atoms with Crippen molar-refractivity contribution >= 4 is 110 Å². The summed E-state index contributed by atoms with van der Waals surface area (Å²) in [5.74, 6) is 0.858. The number of aromatic nitrogens is 2. The monoisotopic (exact) mass is 1050 g/mol.